The fraction of sp³-hybridized carbons (Fsp3) is 0.111. The molecular weight excluding hydrogens is 481 g/mol. The van der Waals surface area contributed by atoms with Gasteiger partial charge in [0, 0.05) is 5.56 Å². The Morgan fingerprint density at radius 1 is 0.972 bits per heavy atom. The highest BCUT2D eigenvalue weighted by Gasteiger charge is 2.15. The van der Waals surface area contributed by atoms with Crippen molar-refractivity contribution in [3.63, 3.8) is 0 Å². The van der Waals surface area contributed by atoms with Gasteiger partial charge in [0.15, 0.2) is 0 Å². The molecule has 7 nitrogen and oxygen atoms in total. The molecule has 0 unspecified atom stereocenters. The molecule has 184 valence electrons. The Labute approximate surface area is 208 Å². The summed E-state index contributed by atoms with van der Waals surface area (Å²) in [6.45, 7) is 1.59. The summed E-state index contributed by atoms with van der Waals surface area (Å²) in [4.78, 5) is 12.3. The second-order valence-corrected chi connectivity index (χ2v) is 9.81. The largest absolute Gasteiger partial charge is 0.488 e. The van der Waals surface area contributed by atoms with E-state index in [2.05, 4.69) is 15.2 Å². The van der Waals surface area contributed by atoms with Crippen molar-refractivity contribution in [3.05, 3.63) is 107 Å². The Morgan fingerprint density at radius 2 is 1.69 bits per heavy atom. The molecule has 0 aliphatic heterocycles. The molecule has 0 heterocycles. The van der Waals surface area contributed by atoms with Crippen LogP contribution in [0.15, 0.2) is 94.9 Å². The molecular formula is C27H24FN3O4S. The molecule has 36 heavy (non-hydrogen) atoms. The molecule has 0 saturated carbocycles. The van der Waals surface area contributed by atoms with Gasteiger partial charge in [0.25, 0.3) is 5.91 Å². The second kappa shape index (κ2) is 11.1. The summed E-state index contributed by atoms with van der Waals surface area (Å²) in [6, 6.07) is 23.6. The van der Waals surface area contributed by atoms with Crippen molar-refractivity contribution in [2.24, 2.45) is 5.10 Å². The molecule has 1 amide bonds. The third-order valence-corrected chi connectivity index (χ3v) is 6.79. The van der Waals surface area contributed by atoms with E-state index in [1.807, 2.05) is 37.3 Å². The van der Waals surface area contributed by atoms with E-state index in [9.17, 15) is 17.6 Å². The number of carbonyl (C=O) groups is 1. The lowest BCUT2D eigenvalue weighted by molar-refractivity contribution is -0.119. The molecule has 0 bridgehead atoms. The predicted molar refractivity (Wildman–Crippen MR) is 137 cm³/mol. The number of sulfonamides is 1. The zero-order valence-electron chi connectivity index (χ0n) is 19.4. The first kappa shape index (κ1) is 25.0. The number of rotatable bonds is 9. The van der Waals surface area contributed by atoms with Gasteiger partial charge in [-0.2, -0.15) is 5.10 Å². The molecule has 0 fully saturated rings. The topological polar surface area (TPSA) is 96.9 Å². The van der Waals surface area contributed by atoms with Gasteiger partial charge in [-0.1, -0.05) is 60.2 Å². The molecule has 0 radical (unpaired) electrons. The molecule has 0 atom stereocenters. The Bertz CT molecular complexity index is 1500. The molecule has 0 saturated heterocycles. The van der Waals surface area contributed by atoms with Crippen LogP contribution in [-0.2, 0) is 21.4 Å². The SMILES string of the molecule is Cc1ccc(S(=O)(=O)NCC(=O)N/N=C/c2c(OCc3ccc(F)cc3)ccc3ccccc23)cc1. The number of hydrazone groups is 1. The molecule has 2 N–H and O–H groups in total. The van der Waals surface area contributed by atoms with Gasteiger partial charge in [-0.25, -0.2) is 23.0 Å². The molecule has 0 aliphatic rings. The first-order valence-corrected chi connectivity index (χ1v) is 12.6. The standard InChI is InChI=1S/C27H24FN3O4S/c1-19-6-13-23(14-7-19)36(33,34)30-17-27(32)31-29-16-25-24-5-3-2-4-21(24)10-15-26(25)35-18-20-8-11-22(28)12-9-20/h2-16,30H,17-18H2,1H3,(H,31,32)/b29-16+. The third-order valence-electron chi connectivity index (χ3n) is 5.38. The highest BCUT2D eigenvalue weighted by molar-refractivity contribution is 7.89. The first-order chi connectivity index (χ1) is 17.3. The maximum atomic E-state index is 13.2. The summed E-state index contributed by atoms with van der Waals surface area (Å²) in [5.41, 5.74) is 4.70. The minimum absolute atomic E-state index is 0.0723. The van der Waals surface area contributed by atoms with Crippen molar-refractivity contribution in [2.45, 2.75) is 18.4 Å². The average molecular weight is 506 g/mol. The van der Waals surface area contributed by atoms with Crippen molar-refractivity contribution in [1.82, 2.24) is 10.1 Å². The van der Waals surface area contributed by atoms with Crippen LogP contribution in [0, 0.1) is 12.7 Å². The predicted octanol–water partition coefficient (Wildman–Crippen LogP) is 4.29. The second-order valence-electron chi connectivity index (χ2n) is 8.04. The van der Waals surface area contributed by atoms with Gasteiger partial charge in [-0.05, 0) is 53.6 Å². The Kier molecular flexibility index (Phi) is 7.72. The number of hydrogen-bond acceptors (Lipinski definition) is 5. The third kappa shape index (κ3) is 6.32. The highest BCUT2D eigenvalue weighted by atomic mass is 32.2. The summed E-state index contributed by atoms with van der Waals surface area (Å²) in [6.07, 6.45) is 1.45. The number of fused-ring (bicyclic) bond motifs is 1. The van der Waals surface area contributed by atoms with Crippen molar-refractivity contribution < 1.29 is 22.3 Å². The van der Waals surface area contributed by atoms with Crippen LogP contribution in [0.1, 0.15) is 16.7 Å². The van der Waals surface area contributed by atoms with Crippen LogP contribution < -0.4 is 14.9 Å². The Morgan fingerprint density at radius 3 is 2.44 bits per heavy atom. The van der Waals surface area contributed by atoms with Crippen LogP contribution in [0.2, 0.25) is 0 Å². The Hall–Kier alpha value is -4.08. The molecule has 0 aromatic heterocycles. The maximum Gasteiger partial charge on any atom is 0.255 e. The molecule has 9 heteroatoms. The van der Waals surface area contributed by atoms with E-state index in [0.717, 1.165) is 21.9 Å². The van der Waals surface area contributed by atoms with Crippen LogP contribution in [0.5, 0.6) is 5.75 Å². The van der Waals surface area contributed by atoms with Crippen LogP contribution >= 0.6 is 0 Å². The number of amides is 1. The summed E-state index contributed by atoms with van der Waals surface area (Å²) < 4.78 is 46.2. The van der Waals surface area contributed by atoms with Gasteiger partial charge in [-0.15, -0.1) is 0 Å². The van der Waals surface area contributed by atoms with Crippen molar-refractivity contribution in [3.8, 4) is 5.75 Å². The summed E-state index contributed by atoms with van der Waals surface area (Å²) in [7, 11) is -3.83. The molecule has 4 aromatic carbocycles. The summed E-state index contributed by atoms with van der Waals surface area (Å²) in [5, 5.41) is 5.82. The van der Waals surface area contributed by atoms with Crippen LogP contribution in [0.3, 0.4) is 0 Å². The van der Waals surface area contributed by atoms with Crippen molar-refractivity contribution in [1.29, 1.82) is 0 Å². The quantitative estimate of drug-likeness (QED) is 0.262. The number of aryl methyl sites for hydroxylation is 1. The number of hydrogen-bond donors (Lipinski definition) is 2. The number of nitrogens with zero attached hydrogens (tertiary/aromatic N) is 1. The van der Waals surface area contributed by atoms with Crippen LogP contribution in [0.25, 0.3) is 10.8 Å². The summed E-state index contributed by atoms with van der Waals surface area (Å²) >= 11 is 0. The monoisotopic (exact) mass is 505 g/mol. The first-order valence-electron chi connectivity index (χ1n) is 11.1. The van der Waals surface area contributed by atoms with Gasteiger partial charge in [0.2, 0.25) is 10.0 Å². The van der Waals surface area contributed by atoms with E-state index >= 15 is 0 Å². The van der Waals surface area contributed by atoms with Crippen molar-refractivity contribution >= 4 is 32.9 Å². The zero-order chi connectivity index (χ0) is 25.5. The number of halogens is 1. The van der Waals surface area contributed by atoms with Crippen molar-refractivity contribution in [2.75, 3.05) is 6.54 Å². The lowest BCUT2D eigenvalue weighted by Crippen LogP contribution is -2.34. The Balaban J connectivity index is 1.45. The minimum atomic E-state index is -3.83. The maximum absolute atomic E-state index is 13.2. The average Bonchev–Trinajstić information content (AvgIpc) is 2.88. The number of nitrogens with one attached hydrogen (secondary N) is 2. The number of benzene rings is 4. The van der Waals surface area contributed by atoms with Gasteiger partial charge in [0.1, 0.15) is 18.2 Å². The van der Waals surface area contributed by atoms with Gasteiger partial charge in [-0.3, -0.25) is 4.79 Å². The minimum Gasteiger partial charge on any atom is -0.488 e. The molecule has 4 aromatic rings. The van der Waals surface area contributed by atoms with E-state index in [0.29, 0.717) is 11.3 Å². The van der Waals surface area contributed by atoms with Crippen LogP contribution in [-0.4, -0.2) is 27.1 Å². The molecule has 4 rings (SSSR count). The molecule has 0 spiro atoms. The molecule has 0 aliphatic carbocycles. The lowest BCUT2D eigenvalue weighted by Gasteiger charge is -2.12. The van der Waals surface area contributed by atoms with E-state index in [4.69, 9.17) is 4.74 Å². The van der Waals surface area contributed by atoms with E-state index in [1.54, 1.807) is 30.3 Å². The normalized spacial score (nSPS) is 11.6. The number of carbonyl (C=O) groups excluding carboxylic acids is 1. The highest BCUT2D eigenvalue weighted by Crippen LogP contribution is 2.27. The van der Waals surface area contributed by atoms with Gasteiger partial charge >= 0.3 is 0 Å². The zero-order valence-corrected chi connectivity index (χ0v) is 20.3. The van der Waals surface area contributed by atoms with E-state index in [1.165, 1.54) is 30.5 Å². The van der Waals surface area contributed by atoms with Gasteiger partial charge < -0.3 is 4.74 Å². The number of ether oxygens (including phenoxy) is 1. The van der Waals surface area contributed by atoms with Crippen LogP contribution in [0.4, 0.5) is 4.39 Å². The van der Waals surface area contributed by atoms with Gasteiger partial charge in [0.05, 0.1) is 17.7 Å². The summed E-state index contributed by atoms with van der Waals surface area (Å²) in [5.74, 6) is -0.429. The fourth-order valence-corrected chi connectivity index (χ4v) is 4.43. The smallest absolute Gasteiger partial charge is 0.255 e. The fourth-order valence-electron chi connectivity index (χ4n) is 3.45. The van der Waals surface area contributed by atoms with E-state index in [-0.39, 0.29) is 17.3 Å². The lowest BCUT2D eigenvalue weighted by atomic mass is 10.0. The van der Waals surface area contributed by atoms with E-state index < -0.39 is 22.5 Å².